The first-order valence-electron chi connectivity index (χ1n) is 5.98. The highest BCUT2D eigenvalue weighted by Crippen LogP contribution is 2.21. The van der Waals surface area contributed by atoms with Crippen LogP contribution in [0.15, 0.2) is 18.6 Å². The van der Waals surface area contributed by atoms with Crippen molar-refractivity contribution in [2.45, 2.75) is 25.7 Å². The summed E-state index contributed by atoms with van der Waals surface area (Å²) in [6.07, 6.45) is 7.77. The zero-order chi connectivity index (χ0) is 12.5. The molecule has 1 aliphatic carbocycles. The van der Waals surface area contributed by atoms with Gasteiger partial charge in [-0.3, -0.25) is 9.98 Å². The van der Waals surface area contributed by atoms with E-state index >= 15 is 0 Å². The minimum Gasteiger partial charge on any atom is -0.382 e. The molecule has 0 saturated heterocycles. The zero-order valence-electron chi connectivity index (χ0n) is 9.93. The number of nitrogens with one attached hydrogen (secondary N) is 1. The Morgan fingerprint density at radius 1 is 1.28 bits per heavy atom. The summed E-state index contributed by atoms with van der Waals surface area (Å²) < 4.78 is 1.90. The van der Waals surface area contributed by atoms with Crippen molar-refractivity contribution < 1.29 is 0 Å². The number of aryl methyl sites for hydroxylation is 1. The minimum absolute atomic E-state index is 0.0485. The first-order valence-corrected chi connectivity index (χ1v) is 5.98. The van der Waals surface area contributed by atoms with Crippen molar-refractivity contribution in [2.24, 2.45) is 5.73 Å². The lowest BCUT2D eigenvalue weighted by molar-refractivity contribution is 0.651. The monoisotopic (exact) mass is 242 g/mol. The Bertz CT molecular complexity index is 600. The lowest BCUT2D eigenvalue weighted by atomic mass is 10.0. The van der Waals surface area contributed by atoms with Crippen LogP contribution in [-0.2, 0) is 12.8 Å². The highest BCUT2D eigenvalue weighted by Gasteiger charge is 2.17. The number of imidazole rings is 1. The Morgan fingerprint density at radius 3 is 2.94 bits per heavy atom. The van der Waals surface area contributed by atoms with Gasteiger partial charge >= 0.3 is 0 Å². The van der Waals surface area contributed by atoms with Crippen molar-refractivity contribution in [1.82, 2.24) is 19.5 Å². The van der Waals surface area contributed by atoms with E-state index in [1.54, 1.807) is 18.6 Å². The van der Waals surface area contributed by atoms with Crippen molar-refractivity contribution in [2.75, 3.05) is 0 Å². The minimum atomic E-state index is -0.0485. The molecule has 6 heteroatoms. The molecule has 3 rings (SSSR count). The number of aromatic nitrogens is 4. The van der Waals surface area contributed by atoms with Crippen LogP contribution in [0.1, 0.15) is 29.9 Å². The second kappa shape index (κ2) is 4.21. The van der Waals surface area contributed by atoms with Gasteiger partial charge in [0.05, 0.1) is 5.69 Å². The van der Waals surface area contributed by atoms with E-state index in [-0.39, 0.29) is 5.84 Å². The van der Waals surface area contributed by atoms with Crippen LogP contribution in [0.4, 0.5) is 0 Å². The molecule has 0 fully saturated rings. The largest absolute Gasteiger partial charge is 0.382 e. The second-order valence-corrected chi connectivity index (χ2v) is 4.37. The Balaban J connectivity index is 2.07. The lowest BCUT2D eigenvalue weighted by Crippen LogP contribution is -2.16. The summed E-state index contributed by atoms with van der Waals surface area (Å²) in [4.78, 5) is 12.9. The smallest absolute Gasteiger partial charge is 0.235 e. The van der Waals surface area contributed by atoms with Crippen molar-refractivity contribution in [3.05, 3.63) is 35.7 Å². The summed E-state index contributed by atoms with van der Waals surface area (Å²) in [6.45, 7) is 0. The maximum absolute atomic E-state index is 7.41. The molecular weight excluding hydrogens is 228 g/mol. The second-order valence-electron chi connectivity index (χ2n) is 4.37. The highest BCUT2D eigenvalue weighted by molar-refractivity contribution is 5.92. The van der Waals surface area contributed by atoms with E-state index in [9.17, 15) is 0 Å². The molecule has 1 aliphatic rings. The number of hydrogen-bond acceptors (Lipinski definition) is 4. The van der Waals surface area contributed by atoms with Crippen LogP contribution in [0, 0.1) is 5.41 Å². The standard InChI is InChI=1S/C12H14N6/c13-11(14)9-5-6-15-12(17-9)18-7-16-8-3-1-2-4-10(8)18/h5-7H,1-4H2,(H3,13,14). The first kappa shape index (κ1) is 10.9. The number of amidine groups is 1. The number of nitrogens with two attached hydrogens (primary N) is 1. The summed E-state index contributed by atoms with van der Waals surface area (Å²) in [5, 5.41) is 7.41. The predicted octanol–water partition coefficient (Wildman–Crippen LogP) is 0.825. The Hall–Kier alpha value is -2.24. The lowest BCUT2D eigenvalue weighted by Gasteiger charge is -2.13. The van der Waals surface area contributed by atoms with Gasteiger partial charge in [0.15, 0.2) is 0 Å². The molecule has 2 aromatic heterocycles. The van der Waals surface area contributed by atoms with Gasteiger partial charge in [-0.1, -0.05) is 0 Å². The van der Waals surface area contributed by atoms with Crippen molar-refractivity contribution in [1.29, 1.82) is 5.41 Å². The quantitative estimate of drug-likeness (QED) is 0.602. The van der Waals surface area contributed by atoms with E-state index in [4.69, 9.17) is 11.1 Å². The molecule has 0 aromatic carbocycles. The normalized spacial score (nSPS) is 14.2. The SMILES string of the molecule is N=C(N)c1ccnc(-n2cnc3c2CCCC3)n1. The third kappa shape index (κ3) is 1.75. The first-order chi connectivity index (χ1) is 8.75. The summed E-state index contributed by atoms with van der Waals surface area (Å²) >= 11 is 0. The van der Waals surface area contributed by atoms with Gasteiger partial charge in [0, 0.05) is 11.9 Å². The van der Waals surface area contributed by atoms with Crippen LogP contribution in [0.2, 0.25) is 0 Å². The molecule has 0 aliphatic heterocycles. The Labute approximate surface area is 104 Å². The van der Waals surface area contributed by atoms with E-state index in [1.807, 2.05) is 4.57 Å². The average molecular weight is 242 g/mol. The Kier molecular flexibility index (Phi) is 2.55. The topological polar surface area (TPSA) is 93.5 Å². The van der Waals surface area contributed by atoms with Gasteiger partial charge < -0.3 is 5.73 Å². The molecular formula is C12H14N6. The number of nitrogen functional groups attached to an aromatic ring is 1. The summed E-state index contributed by atoms with van der Waals surface area (Å²) in [5.74, 6) is 0.492. The van der Waals surface area contributed by atoms with E-state index in [2.05, 4.69) is 15.0 Å². The molecule has 0 bridgehead atoms. The fourth-order valence-electron chi connectivity index (χ4n) is 2.26. The van der Waals surface area contributed by atoms with Crippen LogP contribution in [-0.4, -0.2) is 25.4 Å². The summed E-state index contributed by atoms with van der Waals surface area (Å²) in [6, 6.07) is 1.63. The van der Waals surface area contributed by atoms with Gasteiger partial charge in [-0.15, -0.1) is 0 Å². The van der Waals surface area contributed by atoms with Crippen molar-refractivity contribution in [3.8, 4) is 5.95 Å². The van der Waals surface area contributed by atoms with Crippen molar-refractivity contribution >= 4 is 5.84 Å². The van der Waals surface area contributed by atoms with Gasteiger partial charge in [-0.2, -0.15) is 0 Å². The molecule has 0 unspecified atom stereocenters. The molecule has 3 N–H and O–H groups in total. The van der Waals surface area contributed by atoms with Gasteiger partial charge in [-0.25, -0.2) is 15.0 Å². The molecule has 0 spiro atoms. The molecule has 92 valence electrons. The fraction of sp³-hybridized carbons (Fsp3) is 0.333. The molecule has 2 heterocycles. The summed E-state index contributed by atoms with van der Waals surface area (Å²) in [7, 11) is 0. The number of fused-ring (bicyclic) bond motifs is 1. The van der Waals surface area contributed by atoms with Gasteiger partial charge in [0.1, 0.15) is 17.9 Å². The molecule has 6 nitrogen and oxygen atoms in total. The maximum Gasteiger partial charge on any atom is 0.235 e. The van der Waals surface area contributed by atoms with Crippen LogP contribution in [0.3, 0.4) is 0 Å². The molecule has 18 heavy (non-hydrogen) atoms. The molecule has 0 amide bonds. The van der Waals surface area contributed by atoms with Crippen LogP contribution >= 0.6 is 0 Å². The fourth-order valence-corrected chi connectivity index (χ4v) is 2.26. The number of nitrogens with zero attached hydrogens (tertiary/aromatic N) is 4. The summed E-state index contributed by atoms with van der Waals surface area (Å²) in [5.41, 5.74) is 8.20. The predicted molar refractivity (Wildman–Crippen MR) is 66.8 cm³/mol. The molecule has 0 atom stereocenters. The van der Waals surface area contributed by atoms with E-state index < -0.39 is 0 Å². The third-order valence-corrected chi connectivity index (χ3v) is 3.16. The van der Waals surface area contributed by atoms with Crippen LogP contribution in [0.5, 0.6) is 0 Å². The molecule has 2 aromatic rings. The Morgan fingerprint density at radius 2 is 2.11 bits per heavy atom. The van der Waals surface area contributed by atoms with Gasteiger partial charge in [-0.05, 0) is 31.7 Å². The van der Waals surface area contributed by atoms with Crippen molar-refractivity contribution in [3.63, 3.8) is 0 Å². The van der Waals surface area contributed by atoms with Crippen LogP contribution in [0.25, 0.3) is 5.95 Å². The highest BCUT2D eigenvalue weighted by atomic mass is 15.2. The van der Waals surface area contributed by atoms with Gasteiger partial charge in [0.2, 0.25) is 5.95 Å². The van der Waals surface area contributed by atoms with E-state index in [1.165, 1.54) is 18.5 Å². The number of rotatable bonds is 2. The molecule has 0 saturated carbocycles. The van der Waals surface area contributed by atoms with Gasteiger partial charge in [0.25, 0.3) is 0 Å². The third-order valence-electron chi connectivity index (χ3n) is 3.16. The zero-order valence-corrected chi connectivity index (χ0v) is 9.93. The van der Waals surface area contributed by atoms with E-state index in [0.717, 1.165) is 18.5 Å². The molecule has 0 radical (unpaired) electrons. The maximum atomic E-state index is 7.41. The average Bonchev–Trinajstić information content (AvgIpc) is 2.82. The van der Waals surface area contributed by atoms with E-state index in [0.29, 0.717) is 11.6 Å². The number of hydrogen-bond donors (Lipinski definition) is 2. The van der Waals surface area contributed by atoms with Crippen LogP contribution < -0.4 is 5.73 Å².